The summed E-state index contributed by atoms with van der Waals surface area (Å²) in [5.74, 6) is -5.08. The van der Waals surface area contributed by atoms with Crippen molar-refractivity contribution < 1.29 is 29.3 Å². The van der Waals surface area contributed by atoms with Crippen molar-refractivity contribution in [3.63, 3.8) is 0 Å². The van der Waals surface area contributed by atoms with Crippen LogP contribution in [0.5, 0.6) is 0 Å². The summed E-state index contributed by atoms with van der Waals surface area (Å²) in [5.41, 5.74) is 0. The van der Waals surface area contributed by atoms with Crippen molar-refractivity contribution in [2.24, 2.45) is 0 Å². The molecule has 1 saturated heterocycles. The van der Waals surface area contributed by atoms with Crippen molar-refractivity contribution in [2.75, 3.05) is 6.61 Å². The molecule has 0 aromatic heterocycles. The molecule has 2 N–H and O–H groups in total. The second-order valence-electron chi connectivity index (χ2n) is 1.65. The molecule has 1 fully saturated rings. The largest absolute Gasteiger partial charge is 0.422 e. The van der Waals surface area contributed by atoms with Crippen LogP contribution in [0, 0.1) is 0 Å². The van der Waals surface area contributed by atoms with Crippen molar-refractivity contribution in [3.8, 4) is 0 Å². The maximum Gasteiger partial charge on any atom is 0.422 e. The number of ether oxygens (including phenoxy) is 2. The Balaban J connectivity index is 2.73. The summed E-state index contributed by atoms with van der Waals surface area (Å²) in [7, 11) is 0. The number of hydrogen-bond acceptors (Lipinski definition) is 6. The van der Waals surface area contributed by atoms with E-state index in [0.717, 1.165) is 0 Å². The van der Waals surface area contributed by atoms with Gasteiger partial charge in [0.05, 0.1) is 0 Å². The van der Waals surface area contributed by atoms with Gasteiger partial charge in [-0.1, -0.05) is 0 Å². The number of cyclic esters (lactones) is 2. The molecule has 10 heavy (non-hydrogen) atoms. The topological polar surface area (TPSA) is 93.1 Å². The predicted octanol–water partition coefficient (Wildman–Crippen LogP) is -2.28. The first-order chi connectivity index (χ1) is 4.57. The first kappa shape index (κ1) is 6.97. The van der Waals surface area contributed by atoms with Crippen molar-refractivity contribution in [2.45, 2.75) is 5.97 Å². The van der Waals surface area contributed by atoms with Gasteiger partial charge in [0.15, 0.2) is 0 Å². The van der Waals surface area contributed by atoms with Crippen LogP contribution >= 0.6 is 0 Å². The fourth-order valence-corrected chi connectivity index (χ4v) is 0.458. The van der Waals surface area contributed by atoms with Gasteiger partial charge in [0, 0.05) is 0 Å². The number of aliphatic hydroxyl groups excluding tert-OH is 1. The van der Waals surface area contributed by atoms with Gasteiger partial charge in [0.2, 0.25) is 0 Å². The number of esters is 2. The van der Waals surface area contributed by atoms with Crippen molar-refractivity contribution >= 4 is 11.9 Å². The minimum Gasteiger partial charge on any atom is -0.388 e. The van der Waals surface area contributed by atoms with Crippen LogP contribution in [0.1, 0.15) is 0 Å². The molecule has 0 amide bonds. The van der Waals surface area contributed by atoms with Crippen molar-refractivity contribution in [1.29, 1.82) is 0 Å². The van der Waals surface area contributed by atoms with E-state index < -0.39 is 24.5 Å². The number of rotatable bonds is 1. The van der Waals surface area contributed by atoms with Gasteiger partial charge in [-0.3, -0.25) is 0 Å². The lowest BCUT2D eigenvalue weighted by atomic mass is 10.6. The summed E-state index contributed by atoms with van der Waals surface area (Å²) < 4.78 is 7.81. The van der Waals surface area contributed by atoms with Gasteiger partial charge < -0.3 is 19.7 Å². The molecule has 0 atom stereocenters. The Kier molecular flexibility index (Phi) is 1.34. The molecule has 1 aliphatic rings. The van der Waals surface area contributed by atoms with E-state index in [4.69, 9.17) is 10.2 Å². The number of hydrogen-bond donors (Lipinski definition) is 2. The van der Waals surface area contributed by atoms with Crippen LogP contribution in [0.4, 0.5) is 0 Å². The molecule has 0 radical (unpaired) electrons. The van der Waals surface area contributed by atoms with E-state index in [1.165, 1.54) is 0 Å². The summed E-state index contributed by atoms with van der Waals surface area (Å²) in [6.07, 6.45) is 0. The highest BCUT2D eigenvalue weighted by Crippen LogP contribution is 2.16. The predicted molar refractivity (Wildman–Crippen MR) is 24.2 cm³/mol. The highest BCUT2D eigenvalue weighted by atomic mass is 16.9. The highest BCUT2D eigenvalue weighted by molar-refractivity contribution is 6.31. The molecule has 0 unspecified atom stereocenters. The number of aliphatic hydroxyl groups is 2. The molecule has 56 valence electrons. The number of carbonyl (C=O) groups is 2. The third-order valence-electron chi connectivity index (χ3n) is 0.871. The van der Waals surface area contributed by atoms with Gasteiger partial charge in [-0.05, 0) is 0 Å². The van der Waals surface area contributed by atoms with E-state index >= 15 is 0 Å². The van der Waals surface area contributed by atoms with Gasteiger partial charge in [0.25, 0.3) is 0 Å². The Morgan fingerprint density at radius 3 is 1.90 bits per heavy atom. The Morgan fingerprint density at radius 1 is 1.30 bits per heavy atom. The van der Waals surface area contributed by atoms with E-state index in [-0.39, 0.29) is 0 Å². The molecule has 6 nitrogen and oxygen atoms in total. The normalized spacial score (nSPS) is 22.2. The van der Waals surface area contributed by atoms with E-state index in [9.17, 15) is 9.59 Å². The summed E-state index contributed by atoms with van der Waals surface area (Å²) in [5, 5.41) is 17.0. The minimum atomic E-state index is -2.46. The highest BCUT2D eigenvalue weighted by Gasteiger charge is 2.47. The smallest absolute Gasteiger partial charge is 0.388 e. The van der Waals surface area contributed by atoms with Crippen LogP contribution < -0.4 is 0 Å². The average molecular weight is 148 g/mol. The van der Waals surface area contributed by atoms with Gasteiger partial charge >= 0.3 is 17.9 Å². The number of carbonyl (C=O) groups excluding carboxylic acids is 2. The maximum atomic E-state index is 10.2. The van der Waals surface area contributed by atoms with Crippen LogP contribution in [0.25, 0.3) is 0 Å². The van der Waals surface area contributed by atoms with Crippen LogP contribution in [0.2, 0.25) is 0 Å². The average Bonchev–Trinajstić information content (AvgIpc) is 2.10. The summed E-state index contributed by atoms with van der Waals surface area (Å²) >= 11 is 0. The Hall–Kier alpha value is -1.14. The quantitative estimate of drug-likeness (QED) is 0.321. The fourth-order valence-electron chi connectivity index (χ4n) is 0.458. The van der Waals surface area contributed by atoms with E-state index in [2.05, 4.69) is 9.47 Å². The lowest BCUT2D eigenvalue weighted by Crippen LogP contribution is -2.34. The Morgan fingerprint density at radius 2 is 1.70 bits per heavy atom. The van der Waals surface area contributed by atoms with Crippen LogP contribution in [-0.2, 0) is 19.1 Å². The molecule has 6 heteroatoms. The molecule has 0 aliphatic carbocycles. The van der Waals surface area contributed by atoms with Gasteiger partial charge in [0.1, 0.15) is 6.61 Å². The zero-order valence-corrected chi connectivity index (χ0v) is 4.73. The lowest BCUT2D eigenvalue weighted by Gasteiger charge is -2.13. The Labute approximate surface area is 55.0 Å². The van der Waals surface area contributed by atoms with Crippen LogP contribution in [-0.4, -0.2) is 34.7 Å². The molecular weight excluding hydrogens is 144 g/mol. The van der Waals surface area contributed by atoms with E-state index in [1.54, 1.807) is 0 Å². The van der Waals surface area contributed by atoms with Gasteiger partial charge in [-0.25, -0.2) is 9.59 Å². The summed E-state index contributed by atoms with van der Waals surface area (Å²) in [6.45, 7) is -0.968. The van der Waals surface area contributed by atoms with Gasteiger partial charge in [-0.2, -0.15) is 0 Å². The SMILES string of the molecule is O=C1OC(O)(CO)OC1=O. The minimum absolute atomic E-state index is 0.968. The molecule has 1 aliphatic heterocycles. The third-order valence-corrected chi connectivity index (χ3v) is 0.871. The van der Waals surface area contributed by atoms with Gasteiger partial charge in [-0.15, -0.1) is 0 Å². The molecule has 0 spiro atoms. The first-order valence-corrected chi connectivity index (χ1v) is 2.37. The Bertz CT molecular complexity index is 168. The summed E-state index contributed by atoms with van der Waals surface area (Å²) in [4.78, 5) is 20.4. The van der Waals surface area contributed by atoms with Crippen molar-refractivity contribution in [1.82, 2.24) is 0 Å². The third kappa shape index (κ3) is 0.937. The molecular formula is C4H4O6. The molecule has 0 bridgehead atoms. The van der Waals surface area contributed by atoms with E-state index in [1.807, 2.05) is 0 Å². The standard InChI is InChI=1S/C4H4O6/c5-1-4(8)9-2(6)3(7)10-4/h5,8H,1H2. The molecule has 0 saturated carbocycles. The van der Waals surface area contributed by atoms with E-state index in [0.29, 0.717) is 0 Å². The second kappa shape index (κ2) is 1.93. The van der Waals surface area contributed by atoms with Crippen molar-refractivity contribution in [3.05, 3.63) is 0 Å². The van der Waals surface area contributed by atoms with Crippen LogP contribution in [0.15, 0.2) is 0 Å². The summed E-state index contributed by atoms with van der Waals surface area (Å²) in [6, 6.07) is 0. The lowest BCUT2D eigenvalue weighted by molar-refractivity contribution is -0.306. The van der Waals surface area contributed by atoms with Crippen LogP contribution in [0.3, 0.4) is 0 Å². The zero-order valence-electron chi connectivity index (χ0n) is 4.73. The molecule has 0 aromatic carbocycles. The molecule has 0 aromatic rings. The zero-order chi connectivity index (χ0) is 7.78. The molecule has 1 heterocycles. The molecule has 1 rings (SSSR count). The second-order valence-corrected chi connectivity index (χ2v) is 1.65. The first-order valence-electron chi connectivity index (χ1n) is 2.37. The monoisotopic (exact) mass is 148 g/mol. The maximum absolute atomic E-state index is 10.2. The fraction of sp³-hybridized carbons (Fsp3) is 0.500.